The number of ether oxygens (including phenoxy) is 1. The van der Waals surface area contributed by atoms with Gasteiger partial charge >= 0.3 is 29.6 Å². The van der Waals surface area contributed by atoms with Crippen molar-refractivity contribution in [3.05, 3.63) is 46.0 Å². The molecule has 2 aromatic rings. The predicted octanol–water partition coefficient (Wildman–Crippen LogP) is -1.97. The fourth-order valence-electron chi connectivity index (χ4n) is 2.80. The van der Waals surface area contributed by atoms with Crippen LogP contribution < -0.4 is 38.5 Å². The van der Waals surface area contributed by atoms with Crippen LogP contribution in [0.3, 0.4) is 0 Å². The average molecular weight is 402 g/mol. The molecule has 0 bridgehead atoms. The molecule has 0 heterocycles. The molecule has 0 spiro atoms. The summed E-state index contributed by atoms with van der Waals surface area (Å²) in [4.78, 5) is 25.5. The van der Waals surface area contributed by atoms with Crippen LogP contribution in [0.5, 0.6) is 23.0 Å². The standard InChI is InChI=1S/C16H12O9S.Na/c1-6-3-8-12(15(20)16(6)25-26(21,22)23)14(19)11-9(13(8)18)4-7(24-2)5-10(11)17;/h3-5,17,20H,1-2H3,(H,21,22,23);/q;+1/p-1. The topological polar surface area (TPSA) is 150 Å². The Morgan fingerprint density at radius 3 is 2.15 bits per heavy atom. The predicted molar refractivity (Wildman–Crippen MR) is 84.7 cm³/mol. The van der Waals surface area contributed by atoms with Crippen molar-refractivity contribution in [3.8, 4) is 23.0 Å². The number of phenols is 2. The molecule has 0 aromatic heterocycles. The molecule has 9 nitrogen and oxygen atoms in total. The van der Waals surface area contributed by atoms with Crippen LogP contribution in [0.15, 0.2) is 18.2 Å². The van der Waals surface area contributed by atoms with Gasteiger partial charge < -0.3 is 23.7 Å². The normalized spacial score (nSPS) is 12.7. The van der Waals surface area contributed by atoms with Crippen LogP contribution >= 0.6 is 0 Å². The molecular formula is C16H11NaO9S. The minimum absolute atomic E-state index is 0. The zero-order chi connectivity index (χ0) is 19.4. The van der Waals surface area contributed by atoms with Crippen LogP contribution in [0.1, 0.15) is 37.4 Å². The van der Waals surface area contributed by atoms with Gasteiger partial charge in [-0.05, 0) is 24.6 Å². The zero-order valence-corrected chi connectivity index (χ0v) is 17.2. The van der Waals surface area contributed by atoms with Crippen molar-refractivity contribution in [1.29, 1.82) is 0 Å². The van der Waals surface area contributed by atoms with Crippen LogP contribution in [0, 0.1) is 6.92 Å². The summed E-state index contributed by atoms with van der Waals surface area (Å²) in [7, 11) is -3.92. The van der Waals surface area contributed by atoms with Gasteiger partial charge in [0.1, 0.15) is 11.5 Å². The van der Waals surface area contributed by atoms with E-state index in [1.165, 1.54) is 20.1 Å². The van der Waals surface area contributed by atoms with E-state index in [4.69, 9.17) is 4.74 Å². The average Bonchev–Trinajstić information content (AvgIpc) is 2.54. The summed E-state index contributed by atoms with van der Waals surface area (Å²) < 4.78 is 41.7. The number of aromatic hydroxyl groups is 2. The Kier molecular flexibility index (Phi) is 5.60. The van der Waals surface area contributed by atoms with Gasteiger partial charge in [-0.2, -0.15) is 0 Å². The maximum atomic E-state index is 12.7. The summed E-state index contributed by atoms with van der Waals surface area (Å²) in [6.07, 6.45) is 0. The quantitative estimate of drug-likeness (QED) is 0.289. The first-order chi connectivity index (χ1) is 12.0. The van der Waals surface area contributed by atoms with Gasteiger partial charge in [0.15, 0.2) is 17.3 Å². The second-order valence-electron chi connectivity index (χ2n) is 5.51. The largest absolute Gasteiger partial charge is 1.00 e. The van der Waals surface area contributed by atoms with Gasteiger partial charge in [-0.25, -0.2) is 8.42 Å². The Labute approximate surface area is 175 Å². The molecular weight excluding hydrogens is 391 g/mol. The number of carbonyl (C=O) groups excluding carboxylic acids is 2. The Hall–Kier alpha value is -2.11. The number of ketones is 2. The van der Waals surface area contributed by atoms with Crippen molar-refractivity contribution in [3.63, 3.8) is 0 Å². The summed E-state index contributed by atoms with van der Waals surface area (Å²) in [5.74, 6) is -3.76. The molecule has 27 heavy (non-hydrogen) atoms. The van der Waals surface area contributed by atoms with Crippen molar-refractivity contribution in [1.82, 2.24) is 0 Å². The van der Waals surface area contributed by atoms with E-state index in [0.29, 0.717) is 0 Å². The minimum atomic E-state index is -5.23. The second-order valence-corrected chi connectivity index (χ2v) is 6.50. The van der Waals surface area contributed by atoms with Gasteiger partial charge in [-0.1, -0.05) is 0 Å². The smallest absolute Gasteiger partial charge is 0.716 e. The van der Waals surface area contributed by atoms with Crippen LogP contribution in [0.4, 0.5) is 0 Å². The molecule has 0 saturated carbocycles. The minimum Gasteiger partial charge on any atom is -0.716 e. The van der Waals surface area contributed by atoms with Gasteiger partial charge in [0.25, 0.3) is 10.4 Å². The zero-order valence-electron chi connectivity index (χ0n) is 14.4. The van der Waals surface area contributed by atoms with Gasteiger partial charge in [0, 0.05) is 17.2 Å². The molecule has 0 aliphatic heterocycles. The third-order valence-corrected chi connectivity index (χ3v) is 4.27. The molecule has 2 aromatic carbocycles. The molecule has 11 heteroatoms. The molecule has 0 unspecified atom stereocenters. The number of hydrogen-bond acceptors (Lipinski definition) is 9. The molecule has 3 rings (SSSR count). The third-order valence-electron chi connectivity index (χ3n) is 3.90. The van der Waals surface area contributed by atoms with Crippen molar-refractivity contribution < 1.29 is 71.2 Å². The van der Waals surface area contributed by atoms with Crippen LogP contribution in [-0.2, 0) is 10.4 Å². The van der Waals surface area contributed by atoms with E-state index in [-0.39, 0.29) is 57.6 Å². The summed E-state index contributed by atoms with van der Waals surface area (Å²) in [6.45, 7) is 1.29. The molecule has 2 N–H and O–H groups in total. The first-order valence-corrected chi connectivity index (χ1v) is 8.40. The Morgan fingerprint density at radius 1 is 1.00 bits per heavy atom. The number of hydrogen-bond donors (Lipinski definition) is 2. The van der Waals surface area contributed by atoms with Gasteiger partial charge in [0.05, 0.1) is 18.2 Å². The molecule has 0 saturated heterocycles. The SMILES string of the molecule is COc1cc(O)c2c(c1)C(=O)c1cc(C)c(OS(=O)(=O)[O-])c(O)c1C2=O.[Na+]. The van der Waals surface area contributed by atoms with E-state index >= 15 is 0 Å². The van der Waals surface area contributed by atoms with Gasteiger partial charge in [-0.3, -0.25) is 9.59 Å². The van der Waals surface area contributed by atoms with Gasteiger partial charge in [0.2, 0.25) is 5.78 Å². The molecule has 1 aliphatic rings. The molecule has 0 radical (unpaired) electrons. The monoisotopic (exact) mass is 402 g/mol. The fraction of sp³-hybridized carbons (Fsp3) is 0.125. The number of methoxy groups -OCH3 is 1. The Bertz CT molecular complexity index is 1090. The first kappa shape index (κ1) is 21.2. The van der Waals surface area contributed by atoms with E-state index in [1.54, 1.807) is 0 Å². The first-order valence-electron chi connectivity index (χ1n) is 7.07. The number of benzene rings is 2. The number of rotatable bonds is 3. The summed E-state index contributed by atoms with van der Waals surface area (Å²) in [5, 5.41) is 20.3. The van der Waals surface area contributed by atoms with Crippen LogP contribution in [-0.4, -0.2) is 41.9 Å². The summed E-state index contributed by atoms with van der Waals surface area (Å²) in [6, 6.07) is 3.49. The second kappa shape index (κ2) is 7.13. The third kappa shape index (κ3) is 3.54. The number of phenolic OH excluding ortho intramolecular Hbond substituents is 2. The maximum Gasteiger partial charge on any atom is 1.00 e. The van der Waals surface area contributed by atoms with E-state index in [2.05, 4.69) is 4.18 Å². The van der Waals surface area contributed by atoms with Crippen LogP contribution in [0.2, 0.25) is 0 Å². The van der Waals surface area contributed by atoms with Crippen LogP contribution in [0.25, 0.3) is 0 Å². The van der Waals surface area contributed by atoms with Crippen molar-refractivity contribution in [2.24, 2.45) is 0 Å². The van der Waals surface area contributed by atoms with E-state index < -0.39 is 44.8 Å². The number of aryl methyl sites for hydroxylation is 1. The van der Waals surface area contributed by atoms with E-state index in [1.807, 2.05) is 0 Å². The molecule has 136 valence electrons. The van der Waals surface area contributed by atoms with Crippen molar-refractivity contribution in [2.45, 2.75) is 6.92 Å². The molecule has 0 amide bonds. The van der Waals surface area contributed by atoms with Gasteiger partial charge in [-0.15, -0.1) is 0 Å². The Morgan fingerprint density at radius 2 is 1.59 bits per heavy atom. The fourth-order valence-corrected chi connectivity index (χ4v) is 3.22. The molecule has 0 atom stereocenters. The van der Waals surface area contributed by atoms with Crippen molar-refractivity contribution >= 4 is 22.0 Å². The number of carbonyl (C=O) groups is 2. The maximum absolute atomic E-state index is 12.7. The summed E-state index contributed by atoms with van der Waals surface area (Å²) in [5.41, 5.74) is -1.34. The molecule has 1 aliphatic carbocycles. The summed E-state index contributed by atoms with van der Waals surface area (Å²) >= 11 is 0. The number of fused-ring (bicyclic) bond motifs is 2. The Balaban J connectivity index is 0.00000261. The van der Waals surface area contributed by atoms with E-state index in [9.17, 15) is 32.8 Å². The molecule has 0 fully saturated rings. The van der Waals surface area contributed by atoms with E-state index in [0.717, 1.165) is 12.1 Å². The van der Waals surface area contributed by atoms with Crippen molar-refractivity contribution in [2.75, 3.05) is 7.11 Å².